The smallest absolute Gasteiger partial charge is 0.220 e. The monoisotopic (exact) mass is 1280 g/mol. The first kappa shape index (κ1) is 56.2. The van der Waals surface area contributed by atoms with Crippen molar-refractivity contribution < 1.29 is 8.83 Å². The van der Waals surface area contributed by atoms with E-state index in [9.17, 15) is 0 Å². The minimum Gasteiger partial charge on any atom is -0.456 e. The zero-order valence-electron chi connectivity index (χ0n) is 52.7. The van der Waals surface area contributed by atoms with E-state index in [4.69, 9.17) is 18.8 Å². The van der Waals surface area contributed by atoms with Crippen LogP contribution in [0.5, 0.6) is 0 Å². The third-order valence-electron chi connectivity index (χ3n) is 20.1. The Morgan fingerprint density at radius 1 is 0.361 bits per heavy atom. The Kier molecular flexibility index (Phi) is 13.0. The van der Waals surface area contributed by atoms with Crippen molar-refractivity contribution in [1.82, 2.24) is 27.9 Å². The fourth-order valence-electron chi connectivity index (χ4n) is 15.9. The maximum Gasteiger partial charge on any atom is 0.220 e. The molecule has 0 radical (unpaired) electrons. The minimum atomic E-state index is -3.02. The zero-order chi connectivity index (χ0) is 64.2. The van der Waals surface area contributed by atoms with E-state index in [1.54, 1.807) is 0 Å². The first-order valence-corrected chi connectivity index (χ1v) is 37.2. The molecule has 13 aromatic carbocycles. The van der Waals surface area contributed by atoms with Crippen LogP contribution >= 0.6 is 0 Å². The van der Waals surface area contributed by atoms with Gasteiger partial charge in [-0.05, 0) is 139 Å². The summed E-state index contributed by atoms with van der Waals surface area (Å²) in [6.07, 6.45) is 8.75. The van der Waals surface area contributed by atoms with E-state index >= 15 is 0 Å². The number of imidazole rings is 4. The molecular formula is C87H60N6O2Si2. The van der Waals surface area contributed by atoms with Gasteiger partial charge in [0.25, 0.3) is 0 Å². The van der Waals surface area contributed by atoms with Crippen LogP contribution in [0.4, 0.5) is 0 Å². The fourth-order valence-corrected chi connectivity index (χ4v) is 25.1. The van der Waals surface area contributed by atoms with Gasteiger partial charge in [0, 0.05) is 27.1 Å². The van der Waals surface area contributed by atoms with Crippen LogP contribution in [0.2, 0.25) is 6.04 Å². The van der Waals surface area contributed by atoms with Crippen LogP contribution in [0.15, 0.2) is 355 Å². The number of nitrogens with zero attached hydrogens (tertiary/aromatic N) is 6. The highest BCUT2D eigenvalue weighted by Gasteiger charge is 2.43. The van der Waals surface area contributed by atoms with Crippen LogP contribution in [-0.2, 0) is 0 Å². The van der Waals surface area contributed by atoms with Gasteiger partial charge in [0.2, 0.25) is 11.6 Å². The Balaban J connectivity index is 0.809. The molecule has 6 heterocycles. The van der Waals surface area contributed by atoms with Gasteiger partial charge in [-0.25, -0.2) is 9.97 Å². The molecule has 0 amide bonds. The minimum absolute atomic E-state index is 0.728. The molecule has 0 aliphatic heterocycles. The summed E-state index contributed by atoms with van der Waals surface area (Å²) < 4.78 is 23.3. The fraction of sp³-hybridized carbons (Fsp3) is 0.0115. The van der Waals surface area contributed by atoms with Crippen LogP contribution in [0, 0.1) is 0 Å². The lowest BCUT2D eigenvalue weighted by atomic mass is 10.00. The summed E-state index contributed by atoms with van der Waals surface area (Å²) in [6.45, 7) is 4.39. The number of rotatable bonds is 14. The molecule has 0 atom stereocenters. The lowest BCUT2D eigenvalue weighted by Crippen LogP contribution is -2.74. The summed E-state index contributed by atoms with van der Waals surface area (Å²) in [4.78, 5) is 10.7. The second-order valence-electron chi connectivity index (χ2n) is 25.2. The summed E-state index contributed by atoms with van der Waals surface area (Å²) in [5, 5.41) is 13.3. The van der Waals surface area contributed by atoms with E-state index in [-0.39, 0.29) is 0 Å². The van der Waals surface area contributed by atoms with Crippen molar-refractivity contribution in [1.29, 1.82) is 0 Å². The highest BCUT2D eigenvalue weighted by molar-refractivity contribution is 7.20. The van der Waals surface area contributed by atoms with Gasteiger partial charge in [0.05, 0.1) is 55.5 Å². The lowest BCUT2D eigenvalue weighted by Gasteiger charge is -2.34. The molecule has 458 valence electrons. The average molecular weight is 1280 g/mol. The van der Waals surface area contributed by atoms with E-state index in [0.29, 0.717) is 0 Å². The van der Waals surface area contributed by atoms with Crippen molar-refractivity contribution in [2.24, 2.45) is 0 Å². The summed E-state index contributed by atoms with van der Waals surface area (Å²) in [6, 6.07) is 116. The van der Waals surface area contributed by atoms with Gasteiger partial charge >= 0.3 is 0 Å². The first-order chi connectivity index (χ1) is 48.0. The maximum absolute atomic E-state index is 7.26. The SMILES string of the molecule is C=CC=C(C=CC[Si](c1ccccc1)(c1ccccc1)c1ccc2oc3ccc([Si](c4ccccc4)(c4ccccc4)c4ccccc4)cc3c2c1)c1cc(-n2c3ccccc3n3c4ccccc4nc23)cc2c1oc1ccc(-n3c4ccccc4n4c5ccccc5nc34)cc12. The molecule has 10 heteroatoms. The summed E-state index contributed by atoms with van der Waals surface area (Å²) in [5.41, 5.74) is 15.3. The molecular weight excluding hydrogens is 1220 g/mol. The number of furan rings is 2. The van der Waals surface area contributed by atoms with E-state index in [0.717, 1.165) is 128 Å². The molecule has 0 aliphatic rings. The number of hydrogen-bond acceptors (Lipinski definition) is 4. The molecule has 0 fully saturated rings. The Morgan fingerprint density at radius 3 is 1.30 bits per heavy atom. The normalized spacial score (nSPS) is 12.6. The van der Waals surface area contributed by atoms with Gasteiger partial charge in [-0.15, -0.1) is 0 Å². The lowest BCUT2D eigenvalue weighted by molar-refractivity contribution is 0.667. The molecule has 0 N–H and O–H groups in total. The number of aromatic nitrogens is 6. The van der Waals surface area contributed by atoms with Crippen molar-refractivity contribution in [3.63, 3.8) is 0 Å². The van der Waals surface area contributed by atoms with Crippen molar-refractivity contribution in [3.05, 3.63) is 352 Å². The predicted molar refractivity (Wildman–Crippen MR) is 407 cm³/mol. The van der Waals surface area contributed by atoms with Gasteiger partial charge in [-0.2, -0.15) is 0 Å². The van der Waals surface area contributed by atoms with Crippen LogP contribution in [0.3, 0.4) is 0 Å². The summed E-state index contributed by atoms with van der Waals surface area (Å²) in [7, 11) is -5.90. The number of fused-ring (bicyclic) bond motifs is 16. The quantitative estimate of drug-likeness (QED) is 0.0618. The van der Waals surface area contributed by atoms with Crippen molar-refractivity contribution in [2.75, 3.05) is 0 Å². The molecule has 19 rings (SSSR count). The number of para-hydroxylation sites is 8. The van der Waals surface area contributed by atoms with Crippen LogP contribution in [-0.4, -0.2) is 44.1 Å². The number of allylic oxidation sites excluding steroid dienone is 5. The Morgan fingerprint density at radius 2 is 0.773 bits per heavy atom. The Bertz CT molecular complexity index is 6240. The first-order valence-electron chi connectivity index (χ1n) is 33.0. The Labute approximate surface area is 560 Å². The molecule has 8 nitrogen and oxygen atoms in total. The van der Waals surface area contributed by atoms with Gasteiger partial charge in [-0.3, -0.25) is 17.9 Å². The maximum atomic E-state index is 7.26. The second-order valence-corrected chi connectivity index (χ2v) is 33.0. The number of hydrogen-bond donors (Lipinski definition) is 0. The zero-order valence-corrected chi connectivity index (χ0v) is 54.7. The topological polar surface area (TPSA) is 70.7 Å². The van der Waals surface area contributed by atoms with Crippen LogP contribution in [0.25, 0.3) is 117 Å². The molecule has 0 aliphatic carbocycles. The van der Waals surface area contributed by atoms with E-state index in [2.05, 4.69) is 358 Å². The molecule has 6 aromatic heterocycles. The van der Waals surface area contributed by atoms with Crippen molar-refractivity contribution >= 4 is 158 Å². The summed E-state index contributed by atoms with van der Waals surface area (Å²) >= 11 is 0. The molecule has 0 bridgehead atoms. The van der Waals surface area contributed by atoms with Gasteiger partial charge in [0.1, 0.15) is 22.3 Å². The van der Waals surface area contributed by atoms with E-state index in [1.807, 2.05) is 6.08 Å². The predicted octanol–water partition coefficient (Wildman–Crippen LogP) is 16.6. The molecule has 0 saturated heterocycles. The van der Waals surface area contributed by atoms with Gasteiger partial charge in [0.15, 0.2) is 16.1 Å². The third kappa shape index (κ3) is 8.60. The van der Waals surface area contributed by atoms with E-state index < -0.39 is 16.1 Å². The largest absolute Gasteiger partial charge is 0.456 e. The van der Waals surface area contributed by atoms with Crippen molar-refractivity contribution in [3.8, 4) is 11.4 Å². The second kappa shape index (κ2) is 22.4. The van der Waals surface area contributed by atoms with E-state index in [1.165, 1.54) is 36.3 Å². The highest BCUT2D eigenvalue weighted by atomic mass is 28.3. The summed E-state index contributed by atoms with van der Waals surface area (Å²) in [5.74, 6) is 1.67. The van der Waals surface area contributed by atoms with Crippen LogP contribution in [0.1, 0.15) is 5.56 Å². The molecule has 19 aromatic rings. The van der Waals surface area contributed by atoms with Gasteiger partial charge in [-0.1, -0.05) is 255 Å². The van der Waals surface area contributed by atoms with Crippen LogP contribution < -0.4 is 36.3 Å². The average Bonchev–Trinajstić information content (AvgIpc) is 1.61. The van der Waals surface area contributed by atoms with Crippen molar-refractivity contribution in [2.45, 2.75) is 6.04 Å². The molecule has 0 saturated carbocycles. The highest BCUT2D eigenvalue weighted by Crippen LogP contribution is 2.41. The molecule has 97 heavy (non-hydrogen) atoms. The molecule has 0 spiro atoms. The number of benzene rings is 13. The molecule has 0 unspecified atom stereocenters. The Hall–Kier alpha value is -12.3. The third-order valence-corrected chi connectivity index (χ3v) is 29.7. The van der Waals surface area contributed by atoms with Gasteiger partial charge < -0.3 is 8.83 Å². The standard InChI is InChI=1S/C87H60N6O2Si2/c1-2-27-59(28-26-53-96(62-29-8-3-9-30-62,63-31-10-4-11-32-63)67-48-51-82-71(57-67)72-58-68(49-52-83(72)94-82)97(64-33-12-5-13-34-64,65-35-14-6-15-36-65)66-37-16-7-17-38-66)69-55-61(91-79-44-23-25-46-81(79)93-77-42-21-19-40-75(77)89-87(91)93)56-73-70-54-60(47-50-84(70)95-85(69)73)90-78-43-22-24-45-80(78)92-76-41-20-18-39-74(76)88-86(90)92/h2-52,54-58H,1,53H2.